The van der Waals surface area contributed by atoms with E-state index >= 15 is 0 Å². The zero-order valence-corrected chi connectivity index (χ0v) is 63.2. The maximum atomic E-state index is 5.06. The van der Waals surface area contributed by atoms with E-state index in [0.717, 1.165) is 67.3 Å². The van der Waals surface area contributed by atoms with Gasteiger partial charge in [0.2, 0.25) is 0 Å². The molecule has 5 heterocycles. The molecular weight excluding hydrogens is 1440 g/mol. The summed E-state index contributed by atoms with van der Waals surface area (Å²) in [5.74, 6) is 1.61. The molecule has 16 aromatic carbocycles. The normalized spacial score (nSPS) is 12.9. The van der Waals surface area contributed by atoms with E-state index in [1.54, 1.807) is 0 Å². The Balaban J connectivity index is 0.000000122. The largest absolute Gasteiger partial charge is 0.340 e. The molecule has 20 aromatic rings. The first-order chi connectivity index (χ1) is 55.9. The van der Waals surface area contributed by atoms with Gasteiger partial charge in [-0.15, -0.1) is 0 Å². The topological polar surface area (TPSA) is 65.0 Å². The van der Waals surface area contributed by atoms with Crippen LogP contribution in [0, 0.1) is 0 Å². The van der Waals surface area contributed by atoms with Crippen molar-refractivity contribution in [3.63, 3.8) is 0 Å². The molecule has 4 aromatic heterocycles. The second-order valence-corrected chi connectivity index (χ2v) is 29.7. The van der Waals surface area contributed by atoms with Crippen LogP contribution in [-0.2, 0) is 6.42 Å². The number of aliphatic imine (C=N–C) groups is 1. The first-order valence-electron chi connectivity index (χ1n) is 38.4. The van der Waals surface area contributed by atoms with Crippen molar-refractivity contribution in [3.05, 3.63) is 445 Å². The van der Waals surface area contributed by atoms with Crippen molar-refractivity contribution in [2.75, 3.05) is 0 Å². The molecule has 0 radical (unpaired) electrons. The summed E-state index contributed by atoms with van der Waals surface area (Å²) >= 11 is 3.50. The fraction of sp³-hybridized carbons (Fsp3) is 0.0190. The van der Waals surface area contributed by atoms with Crippen molar-refractivity contribution in [2.24, 2.45) is 4.99 Å². The molecule has 1 aliphatic heterocycles. The highest BCUT2D eigenvalue weighted by Crippen LogP contribution is 2.43. The van der Waals surface area contributed by atoms with Crippen LogP contribution in [-0.4, -0.2) is 29.5 Å². The Hall–Kier alpha value is -14.3. The lowest BCUT2D eigenvalue weighted by Crippen LogP contribution is -2.27. The molecular formula is C105H72BrN7. The van der Waals surface area contributed by atoms with Crippen LogP contribution < -0.4 is 5.32 Å². The summed E-state index contributed by atoms with van der Waals surface area (Å²) < 4.78 is 8.18. The lowest BCUT2D eigenvalue weighted by atomic mass is 9.97. The minimum absolute atomic E-state index is 0.00342. The summed E-state index contributed by atoms with van der Waals surface area (Å²) in [6.07, 6.45) is 3.22. The van der Waals surface area contributed by atoms with Crippen LogP contribution >= 0.6 is 15.9 Å². The van der Waals surface area contributed by atoms with Gasteiger partial charge in [-0.1, -0.05) is 307 Å². The Morgan fingerprint density at radius 2 is 0.646 bits per heavy atom. The van der Waals surface area contributed by atoms with E-state index in [1.807, 2.05) is 60.7 Å². The zero-order chi connectivity index (χ0) is 75.1. The van der Waals surface area contributed by atoms with Crippen LogP contribution in [0.1, 0.15) is 33.9 Å². The average Bonchev–Trinajstić information content (AvgIpc) is 1.59. The Kier molecular flexibility index (Phi) is 17.8. The van der Waals surface area contributed by atoms with Gasteiger partial charge in [0.15, 0.2) is 5.82 Å². The molecule has 0 amide bonds. The van der Waals surface area contributed by atoms with E-state index in [-0.39, 0.29) is 6.04 Å². The smallest absolute Gasteiger partial charge is 0.160 e. The molecule has 1 unspecified atom stereocenters. The summed E-state index contributed by atoms with van der Waals surface area (Å²) in [4.78, 5) is 15.0. The Bertz CT molecular complexity index is 6950. The molecule has 1 N–H and O–H groups in total. The Morgan fingerprint density at radius 1 is 0.274 bits per heavy atom. The number of para-hydroxylation sites is 5. The summed E-state index contributed by atoms with van der Waals surface area (Å²) in [6, 6.07) is 144. The SMILES string of the molecule is Brc1ccc(C2=CC(c3ccccc3)N=C(c3ccccc3)N2)cc1.c1ccc(-c2cc(-c3ccc(-n4c5ccccc5c5cc(-c6ccc7c(c6)c6ccccc6n7-c6ccccc6)ccc54)cc3)nc(-c3ccccc3)n2)cc1.c1ccc(-n2c3ccccc3c3cc(-c4ccc5c(c4)-c4ccccc4C5)ccc32)cc1. The van der Waals surface area contributed by atoms with Crippen molar-refractivity contribution in [1.29, 1.82) is 0 Å². The van der Waals surface area contributed by atoms with E-state index in [2.05, 4.69) is 387 Å². The van der Waals surface area contributed by atoms with Crippen molar-refractivity contribution < 1.29 is 0 Å². The lowest BCUT2D eigenvalue weighted by molar-refractivity contribution is 0.880. The fourth-order valence-electron chi connectivity index (χ4n) is 16.5. The van der Waals surface area contributed by atoms with Crippen molar-refractivity contribution in [3.8, 4) is 84.3 Å². The van der Waals surface area contributed by atoms with Crippen LogP contribution in [0.3, 0.4) is 0 Å². The molecule has 0 fully saturated rings. The van der Waals surface area contributed by atoms with Crippen molar-refractivity contribution >= 4 is 92.9 Å². The summed E-state index contributed by atoms with van der Waals surface area (Å²) in [6.45, 7) is 0. The number of benzene rings is 16. The van der Waals surface area contributed by atoms with E-state index in [1.165, 1.54) is 127 Å². The number of nitrogens with zero attached hydrogens (tertiary/aromatic N) is 6. The number of hydrogen-bond acceptors (Lipinski definition) is 4. The summed E-state index contributed by atoms with van der Waals surface area (Å²) in [5, 5.41) is 11.0. The lowest BCUT2D eigenvalue weighted by Gasteiger charge is -2.23. The molecule has 2 aliphatic rings. The van der Waals surface area contributed by atoms with Crippen LogP contribution in [0.5, 0.6) is 0 Å². The van der Waals surface area contributed by atoms with Crippen LogP contribution in [0.25, 0.3) is 155 Å². The first kappa shape index (κ1) is 68.0. The van der Waals surface area contributed by atoms with E-state index in [9.17, 15) is 0 Å². The van der Waals surface area contributed by atoms with Crippen molar-refractivity contribution in [1.82, 2.24) is 29.0 Å². The predicted molar refractivity (Wildman–Crippen MR) is 474 cm³/mol. The first-order valence-corrected chi connectivity index (χ1v) is 39.2. The molecule has 0 saturated carbocycles. The molecule has 0 bridgehead atoms. The number of fused-ring (bicyclic) bond motifs is 12. The van der Waals surface area contributed by atoms with E-state index < -0.39 is 0 Å². The Labute approximate surface area is 663 Å². The van der Waals surface area contributed by atoms with Crippen molar-refractivity contribution in [2.45, 2.75) is 12.5 Å². The quantitative estimate of drug-likeness (QED) is 0.140. The minimum Gasteiger partial charge on any atom is -0.340 e. The fourth-order valence-corrected chi connectivity index (χ4v) is 16.8. The molecule has 1 atom stereocenters. The minimum atomic E-state index is -0.00342. The summed E-state index contributed by atoms with van der Waals surface area (Å²) in [5.41, 5.74) is 30.7. The van der Waals surface area contributed by atoms with Gasteiger partial charge in [-0.05, 0) is 183 Å². The van der Waals surface area contributed by atoms with Crippen LogP contribution in [0.2, 0.25) is 0 Å². The number of aromatic nitrogens is 5. The third kappa shape index (κ3) is 13.1. The van der Waals surface area contributed by atoms with Gasteiger partial charge in [0.25, 0.3) is 0 Å². The molecule has 0 saturated heterocycles. The van der Waals surface area contributed by atoms with Gasteiger partial charge in [-0.25, -0.2) is 9.97 Å². The van der Waals surface area contributed by atoms with Gasteiger partial charge < -0.3 is 19.0 Å². The molecule has 534 valence electrons. The van der Waals surface area contributed by atoms with Gasteiger partial charge in [0, 0.05) is 81.8 Å². The number of amidine groups is 1. The highest BCUT2D eigenvalue weighted by atomic mass is 79.9. The van der Waals surface area contributed by atoms with Gasteiger partial charge >= 0.3 is 0 Å². The molecule has 113 heavy (non-hydrogen) atoms. The van der Waals surface area contributed by atoms with Gasteiger partial charge in [0.05, 0.1) is 50.5 Å². The van der Waals surface area contributed by atoms with Gasteiger partial charge in [0.1, 0.15) is 5.84 Å². The standard InChI is InChI=1S/C52H34N4.C31H21N.C22H17BrN2/c1-4-14-35(15-5-1)46-34-47(54-52(53-46)37-16-6-2-7-17-37)36-24-28-41(29-25-36)56-49-23-13-11-21-43(49)45-33-39(27-31-51(45)56)38-26-30-50-44(32-38)42-20-10-12-22-48(42)55(50)40-18-8-3-9-19-40;1-2-9-25(10-3-1)32-30-13-7-6-12-27(30)29-20-22(16-17-31(29)32)21-14-15-24-18-23-8-4-5-11-26(23)28(24)19-21;23-19-13-11-17(12-14-19)21-15-20(16-7-3-1-4-8-16)24-22(25-21)18-9-5-2-6-10-18/h1-34H;1-17,19-20H,18H2;1-15,20H,(H,24,25). The molecule has 22 rings (SSSR count). The van der Waals surface area contributed by atoms with Crippen LogP contribution in [0.15, 0.2) is 422 Å². The monoisotopic (exact) mass is 1510 g/mol. The molecule has 1 aliphatic carbocycles. The molecule has 0 spiro atoms. The third-order valence-corrected chi connectivity index (χ3v) is 22.5. The van der Waals surface area contributed by atoms with Gasteiger partial charge in [-0.2, -0.15) is 0 Å². The maximum absolute atomic E-state index is 5.06. The summed E-state index contributed by atoms with van der Waals surface area (Å²) in [7, 11) is 0. The highest BCUT2D eigenvalue weighted by molar-refractivity contribution is 9.10. The zero-order valence-electron chi connectivity index (χ0n) is 61.6. The molecule has 7 nitrogen and oxygen atoms in total. The number of halogens is 1. The van der Waals surface area contributed by atoms with Crippen LogP contribution in [0.4, 0.5) is 0 Å². The molecule has 8 heteroatoms. The third-order valence-electron chi connectivity index (χ3n) is 21.9. The second kappa shape index (κ2) is 29.6. The van der Waals surface area contributed by atoms with Gasteiger partial charge in [-0.3, -0.25) is 4.99 Å². The predicted octanol–water partition coefficient (Wildman–Crippen LogP) is 26.9. The average molecular weight is 1510 g/mol. The number of rotatable bonds is 11. The Morgan fingerprint density at radius 3 is 1.16 bits per heavy atom. The highest BCUT2D eigenvalue weighted by Gasteiger charge is 2.23. The van der Waals surface area contributed by atoms with E-state index in [0.29, 0.717) is 5.82 Å². The second-order valence-electron chi connectivity index (χ2n) is 28.8. The number of nitrogens with one attached hydrogen (secondary N) is 1. The number of hydrogen-bond donors (Lipinski definition) is 1. The maximum Gasteiger partial charge on any atom is 0.160 e. The van der Waals surface area contributed by atoms with E-state index in [4.69, 9.17) is 15.0 Å².